The predicted molar refractivity (Wildman–Crippen MR) is 56.9 cm³/mol. The van der Waals surface area contributed by atoms with E-state index in [9.17, 15) is 4.79 Å². The Balaban J connectivity index is 1.80. The van der Waals surface area contributed by atoms with Gasteiger partial charge in [-0.1, -0.05) is 30.3 Å². The molecule has 1 saturated heterocycles. The molecule has 0 radical (unpaired) electrons. The average molecular weight is 225 g/mol. The number of hydrogen-bond acceptors (Lipinski definition) is 4. The third-order valence-corrected chi connectivity index (χ3v) is 2.71. The second kappa shape index (κ2) is 5.04. The van der Waals surface area contributed by atoms with Crippen molar-refractivity contribution in [3.05, 3.63) is 35.9 Å². The first-order chi connectivity index (χ1) is 7.36. The molecule has 0 atom stereocenters. The zero-order valence-corrected chi connectivity index (χ0v) is 8.90. The van der Waals surface area contributed by atoms with Gasteiger partial charge in [0.2, 0.25) is 0 Å². The summed E-state index contributed by atoms with van der Waals surface area (Å²) in [6, 6.07) is 9.59. The number of rotatable bonds is 2. The monoisotopic (exact) mass is 225 g/mol. The SMILES string of the molecule is O=C(OCc1ccccc1)N1CCOS1. The van der Waals surface area contributed by atoms with Gasteiger partial charge in [-0.15, -0.1) is 0 Å². The molecule has 0 spiro atoms. The standard InChI is InChI=1S/C10H11NO3S/c12-10(11-6-7-14-15-11)13-8-9-4-2-1-3-5-9/h1-5H,6-8H2. The van der Waals surface area contributed by atoms with Gasteiger partial charge < -0.3 is 4.74 Å². The van der Waals surface area contributed by atoms with Crippen LogP contribution in [0.1, 0.15) is 5.56 Å². The number of benzene rings is 1. The molecule has 1 aromatic carbocycles. The third kappa shape index (κ3) is 2.87. The highest BCUT2D eigenvalue weighted by Gasteiger charge is 2.21. The summed E-state index contributed by atoms with van der Waals surface area (Å²) >= 11 is 1.04. The number of carbonyl (C=O) groups excluding carboxylic acids is 1. The summed E-state index contributed by atoms with van der Waals surface area (Å²) in [7, 11) is 0. The van der Waals surface area contributed by atoms with E-state index in [-0.39, 0.29) is 6.09 Å². The van der Waals surface area contributed by atoms with Gasteiger partial charge in [-0.05, 0) is 5.56 Å². The molecule has 0 saturated carbocycles. The zero-order chi connectivity index (χ0) is 10.5. The van der Waals surface area contributed by atoms with Gasteiger partial charge >= 0.3 is 6.09 Å². The second-order valence-electron chi connectivity index (χ2n) is 3.04. The van der Waals surface area contributed by atoms with E-state index in [0.717, 1.165) is 17.8 Å². The van der Waals surface area contributed by atoms with E-state index in [1.165, 1.54) is 4.31 Å². The first-order valence-electron chi connectivity index (χ1n) is 4.64. The van der Waals surface area contributed by atoms with Crippen molar-refractivity contribution in [3.8, 4) is 0 Å². The Labute approximate surface area is 92.5 Å². The van der Waals surface area contributed by atoms with Crippen molar-refractivity contribution < 1.29 is 13.7 Å². The van der Waals surface area contributed by atoms with Crippen LogP contribution in [0.4, 0.5) is 4.79 Å². The molecule has 0 aromatic heterocycles. The normalized spacial score (nSPS) is 15.3. The molecule has 0 unspecified atom stereocenters. The molecule has 1 aliphatic heterocycles. The van der Waals surface area contributed by atoms with Gasteiger partial charge in [0, 0.05) is 0 Å². The molecule has 4 nitrogen and oxygen atoms in total. The Kier molecular flexibility index (Phi) is 3.47. The van der Waals surface area contributed by atoms with Crippen LogP contribution in [-0.4, -0.2) is 23.6 Å². The topological polar surface area (TPSA) is 38.8 Å². The van der Waals surface area contributed by atoms with Gasteiger partial charge in [-0.2, -0.15) is 0 Å². The number of ether oxygens (including phenoxy) is 1. The number of nitrogens with zero attached hydrogens (tertiary/aromatic N) is 1. The Bertz CT molecular complexity index is 325. The van der Waals surface area contributed by atoms with Crippen LogP contribution >= 0.6 is 12.2 Å². The summed E-state index contributed by atoms with van der Waals surface area (Å²) in [5.74, 6) is 0. The van der Waals surface area contributed by atoms with E-state index in [1.807, 2.05) is 30.3 Å². The van der Waals surface area contributed by atoms with Crippen LogP contribution in [0, 0.1) is 0 Å². The Morgan fingerprint density at radius 1 is 1.47 bits per heavy atom. The van der Waals surface area contributed by atoms with Crippen LogP contribution in [0.5, 0.6) is 0 Å². The maximum Gasteiger partial charge on any atom is 0.422 e. The van der Waals surface area contributed by atoms with Crippen molar-refractivity contribution in [2.75, 3.05) is 13.2 Å². The summed E-state index contributed by atoms with van der Waals surface area (Å²) in [6.07, 6.45) is -0.346. The Morgan fingerprint density at radius 3 is 2.93 bits per heavy atom. The summed E-state index contributed by atoms with van der Waals surface area (Å²) in [5.41, 5.74) is 0.982. The van der Waals surface area contributed by atoms with Crippen LogP contribution in [0.15, 0.2) is 30.3 Å². The molecule has 1 amide bonds. The lowest BCUT2D eigenvalue weighted by molar-refractivity contribution is 0.123. The largest absolute Gasteiger partial charge is 0.444 e. The molecule has 15 heavy (non-hydrogen) atoms. The second-order valence-corrected chi connectivity index (χ2v) is 3.86. The predicted octanol–water partition coefficient (Wildman–Crippen LogP) is 2.22. The highest BCUT2D eigenvalue weighted by Crippen LogP contribution is 2.19. The van der Waals surface area contributed by atoms with Crippen molar-refractivity contribution in [3.63, 3.8) is 0 Å². The average Bonchev–Trinajstić information content (AvgIpc) is 2.81. The summed E-state index contributed by atoms with van der Waals surface area (Å²) in [5, 5.41) is 0. The highest BCUT2D eigenvalue weighted by atomic mass is 32.2. The molecule has 0 bridgehead atoms. The molecular weight excluding hydrogens is 214 g/mol. The Hall–Kier alpha value is -1.20. The minimum Gasteiger partial charge on any atom is -0.444 e. The molecule has 1 aromatic rings. The smallest absolute Gasteiger partial charge is 0.422 e. The lowest BCUT2D eigenvalue weighted by Crippen LogP contribution is -2.22. The van der Waals surface area contributed by atoms with E-state index in [1.54, 1.807) is 0 Å². The lowest BCUT2D eigenvalue weighted by atomic mass is 10.2. The van der Waals surface area contributed by atoms with Crippen LogP contribution in [-0.2, 0) is 15.5 Å². The number of carbonyl (C=O) groups is 1. The van der Waals surface area contributed by atoms with Crippen LogP contribution in [0.3, 0.4) is 0 Å². The molecule has 80 valence electrons. The van der Waals surface area contributed by atoms with Gasteiger partial charge in [-0.25, -0.2) is 9.10 Å². The molecule has 2 rings (SSSR count). The van der Waals surface area contributed by atoms with Gasteiger partial charge in [0.25, 0.3) is 0 Å². The van der Waals surface area contributed by atoms with Crippen molar-refractivity contribution in [1.29, 1.82) is 0 Å². The van der Waals surface area contributed by atoms with Crippen LogP contribution in [0.25, 0.3) is 0 Å². The Morgan fingerprint density at radius 2 is 2.27 bits per heavy atom. The summed E-state index contributed by atoms with van der Waals surface area (Å²) < 4.78 is 11.5. The molecule has 0 aliphatic carbocycles. The minimum absolute atomic E-state index is 0.302. The third-order valence-electron chi connectivity index (χ3n) is 1.93. The molecule has 1 fully saturated rings. The van der Waals surface area contributed by atoms with Gasteiger partial charge in [0.1, 0.15) is 18.8 Å². The molecule has 1 aliphatic rings. The van der Waals surface area contributed by atoms with E-state index >= 15 is 0 Å². The number of hydrogen-bond donors (Lipinski definition) is 0. The lowest BCUT2D eigenvalue weighted by Gasteiger charge is -2.11. The van der Waals surface area contributed by atoms with Gasteiger partial charge in [0.05, 0.1) is 13.2 Å². The molecular formula is C10H11NO3S. The van der Waals surface area contributed by atoms with Crippen LogP contribution in [0.2, 0.25) is 0 Å². The first kappa shape index (κ1) is 10.3. The van der Waals surface area contributed by atoms with Crippen molar-refractivity contribution in [1.82, 2.24) is 4.31 Å². The van der Waals surface area contributed by atoms with Crippen molar-refractivity contribution in [2.24, 2.45) is 0 Å². The summed E-state index contributed by atoms with van der Waals surface area (Å²) in [6.45, 7) is 1.44. The van der Waals surface area contributed by atoms with Crippen molar-refractivity contribution in [2.45, 2.75) is 6.61 Å². The van der Waals surface area contributed by atoms with Crippen LogP contribution < -0.4 is 0 Å². The van der Waals surface area contributed by atoms with Gasteiger partial charge in [-0.3, -0.25) is 4.18 Å². The van der Waals surface area contributed by atoms with Gasteiger partial charge in [0.15, 0.2) is 0 Å². The maximum absolute atomic E-state index is 11.4. The number of amides is 1. The minimum atomic E-state index is -0.346. The molecule has 0 N–H and O–H groups in total. The molecule has 5 heteroatoms. The highest BCUT2D eigenvalue weighted by molar-refractivity contribution is 7.93. The summed E-state index contributed by atoms with van der Waals surface area (Å²) in [4.78, 5) is 11.4. The fourth-order valence-electron chi connectivity index (χ4n) is 1.17. The van der Waals surface area contributed by atoms with Crippen molar-refractivity contribution >= 4 is 18.3 Å². The van der Waals surface area contributed by atoms with E-state index in [2.05, 4.69) is 0 Å². The first-order valence-corrected chi connectivity index (χ1v) is 5.34. The fourth-order valence-corrected chi connectivity index (χ4v) is 1.71. The zero-order valence-electron chi connectivity index (χ0n) is 8.09. The fraction of sp³-hybridized carbons (Fsp3) is 0.300. The molecule has 1 heterocycles. The quantitative estimate of drug-likeness (QED) is 0.571. The van der Waals surface area contributed by atoms with E-state index in [4.69, 9.17) is 8.92 Å². The maximum atomic E-state index is 11.4. The van der Waals surface area contributed by atoms with E-state index in [0.29, 0.717) is 19.8 Å². The van der Waals surface area contributed by atoms with E-state index < -0.39 is 0 Å².